The number of rotatable bonds is 6. The van der Waals surface area contributed by atoms with Crippen molar-refractivity contribution in [3.63, 3.8) is 0 Å². The van der Waals surface area contributed by atoms with Crippen molar-refractivity contribution in [3.8, 4) is 0 Å². The van der Waals surface area contributed by atoms with Crippen LogP contribution in [0.15, 0.2) is 24.3 Å². The van der Waals surface area contributed by atoms with Gasteiger partial charge in [-0.05, 0) is 30.5 Å². The Labute approximate surface area is 99.0 Å². The zero-order valence-electron chi connectivity index (χ0n) is 8.83. The summed E-state index contributed by atoms with van der Waals surface area (Å²) < 4.78 is 12.8. The number of ketones is 1. The minimum atomic E-state index is -0.998. The number of halogens is 2. The molecule has 2 nitrogen and oxygen atoms in total. The van der Waals surface area contributed by atoms with Gasteiger partial charge in [-0.2, -0.15) is 0 Å². The van der Waals surface area contributed by atoms with Gasteiger partial charge in [0.25, 0.3) is 0 Å². The molecule has 1 aromatic rings. The second-order valence-corrected chi connectivity index (χ2v) is 4.00. The van der Waals surface area contributed by atoms with E-state index in [-0.39, 0.29) is 18.0 Å². The summed E-state index contributed by atoms with van der Waals surface area (Å²) >= 11 is 5.46. The summed E-state index contributed by atoms with van der Waals surface area (Å²) in [5.74, 6) is -0.249. The molecule has 0 amide bonds. The zero-order valence-corrected chi connectivity index (χ0v) is 9.58. The van der Waals surface area contributed by atoms with E-state index in [1.807, 2.05) is 0 Å². The Morgan fingerprint density at radius 3 is 2.88 bits per heavy atom. The number of hydrogen-bond donors (Lipinski definition) is 1. The summed E-state index contributed by atoms with van der Waals surface area (Å²) in [4.78, 5) is 11.5. The molecule has 0 heterocycles. The molecule has 0 radical (unpaired) electrons. The average Bonchev–Trinajstić information content (AvgIpc) is 2.25. The lowest BCUT2D eigenvalue weighted by atomic mass is 10.0. The number of carbonyl (C=O) groups is 1. The molecule has 0 saturated carbocycles. The SMILES string of the molecule is O=C(Cc1cccc(F)c1)[C@@H](O)CCCCl. The van der Waals surface area contributed by atoms with Crippen molar-refractivity contribution >= 4 is 17.4 Å². The van der Waals surface area contributed by atoms with Gasteiger partial charge in [0.1, 0.15) is 11.9 Å². The molecule has 88 valence electrons. The van der Waals surface area contributed by atoms with Crippen LogP contribution >= 0.6 is 11.6 Å². The molecule has 0 bridgehead atoms. The minimum absolute atomic E-state index is 0.0568. The Kier molecular flexibility index (Phi) is 5.43. The predicted molar refractivity (Wildman–Crippen MR) is 61.1 cm³/mol. The van der Waals surface area contributed by atoms with Crippen LogP contribution in [0.25, 0.3) is 0 Å². The highest BCUT2D eigenvalue weighted by Crippen LogP contribution is 2.08. The number of aliphatic hydroxyl groups is 1. The standard InChI is InChI=1S/C12H14ClFO2/c13-6-2-5-11(15)12(16)8-9-3-1-4-10(14)7-9/h1,3-4,7,11,15H,2,5-6,8H2/t11-/m0/s1. The van der Waals surface area contributed by atoms with Crippen LogP contribution in [0.3, 0.4) is 0 Å². The van der Waals surface area contributed by atoms with E-state index in [1.165, 1.54) is 12.1 Å². The van der Waals surface area contributed by atoms with Gasteiger partial charge in [0.05, 0.1) is 0 Å². The fourth-order valence-electron chi connectivity index (χ4n) is 1.40. The van der Waals surface area contributed by atoms with Crippen molar-refractivity contribution in [2.45, 2.75) is 25.4 Å². The number of aliphatic hydroxyl groups excluding tert-OH is 1. The number of hydrogen-bond acceptors (Lipinski definition) is 2. The van der Waals surface area contributed by atoms with E-state index in [9.17, 15) is 14.3 Å². The van der Waals surface area contributed by atoms with Gasteiger partial charge in [0.2, 0.25) is 0 Å². The fourth-order valence-corrected chi connectivity index (χ4v) is 1.55. The summed E-state index contributed by atoms with van der Waals surface area (Å²) in [6, 6.07) is 5.82. The van der Waals surface area contributed by atoms with Crippen LogP contribution in [-0.4, -0.2) is 22.9 Å². The van der Waals surface area contributed by atoms with E-state index >= 15 is 0 Å². The van der Waals surface area contributed by atoms with Crippen molar-refractivity contribution in [3.05, 3.63) is 35.6 Å². The van der Waals surface area contributed by atoms with Crippen molar-refractivity contribution in [1.29, 1.82) is 0 Å². The largest absolute Gasteiger partial charge is 0.385 e. The molecule has 1 N–H and O–H groups in total. The van der Waals surface area contributed by atoms with E-state index < -0.39 is 6.10 Å². The Hall–Kier alpha value is -0.930. The first kappa shape index (κ1) is 13.1. The average molecular weight is 245 g/mol. The lowest BCUT2D eigenvalue weighted by Gasteiger charge is -2.08. The smallest absolute Gasteiger partial charge is 0.165 e. The molecule has 1 aromatic carbocycles. The van der Waals surface area contributed by atoms with Gasteiger partial charge in [0, 0.05) is 12.3 Å². The van der Waals surface area contributed by atoms with Gasteiger partial charge in [-0.3, -0.25) is 4.79 Å². The van der Waals surface area contributed by atoms with E-state index in [4.69, 9.17) is 11.6 Å². The maximum Gasteiger partial charge on any atom is 0.165 e. The summed E-state index contributed by atoms with van der Waals surface area (Å²) in [6.45, 7) is 0. The van der Waals surface area contributed by atoms with Gasteiger partial charge >= 0.3 is 0 Å². The molecule has 0 spiro atoms. The van der Waals surface area contributed by atoms with Crippen LogP contribution in [0, 0.1) is 5.82 Å². The molecule has 0 aromatic heterocycles. The summed E-state index contributed by atoms with van der Waals surface area (Å²) in [5, 5.41) is 9.48. The van der Waals surface area contributed by atoms with Crippen LogP contribution in [-0.2, 0) is 11.2 Å². The molecule has 1 rings (SSSR count). The van der Waals surface area contributed by atoms with Crippen LogP contribution in [0.1, 0.15) is 18.4 Å². The summed E-state index contributed by atoms with van der Waals surface area (Å²) in [7, 11) is 0. The Morgan fingerprint density at radius 1 is 1.50 bits per heavy atom. The van der Waals surface area contributed by atoms with E-state index in [0.29, 0.717) is 24.3 Å². The maximum absolute atomic E-state index is 12.8. The molecule has 0 fully saturated rings. The second kappa shape index (κ2) is 6.61. The minimum Gasteiger partial charge on any atom is -0.385 e. The summed E-state index contributed by atoms with van der Waals surface area (Å²) in [6.07, 6.45) is 0.0123. The van der Waals surface area contributed by atoms with Gasteiger partial charge in [-0.25, -0.2) is 4.39 Å². The molecule has 0 unspecified atom stereocenters. The number of Topliss-reactive ketones (excluding diaryl/α,β-unsaturated/α-hetero) is 1. The van der Waals surface area contributed by atoms with Gasteiger partial charge in [0.15, 0.2) is 5.78 Å². The van der Waals surface area contributed by atoms with Gasteiger partial charge in [-0.1, -0.05) is 12.1 Å². The molecule has 1 atom stereocenters. The van der Waals surface area contributed by atoms with Crippen molar-refractivity contribution in [2.24, 2.45) is 0 Å². The maximum atomic E-state index is 12.8. The number of alkyl halides is 1. The zero-order chi connectivity index (χ0) is 12.0. The first-order valence-corrected chi connectivity index (χ1v) is 5.68. The lowest BCUT2D eigenvalue weighted by molar-refractivity contribution is -0.126. The normalized spacial score (nSPS) is 12.4. The third-order valence-electron chi connectivity index (χ3n) is 2.25. The molecule has 0 aliphatic carbocycles. The second-order valence-electron chi connectivity index (χ2n) is 3.62. The van der Waals surface area contributed by atoms with E-state index in [2.05, 4.69) is 0 Å². The predicted octanol–water partition coefficient (Wildman–Crippen LogP) is 2.32. The van der Waals surface area contributed by atoms with Crippen molar-refractivity contribution in [1.82, 2.24) is 0 Å². The quantitative estimate of drug-likeness (QED) is 0.780. The molecular weight excluding hydrogens is 231 g/mol. The molecule has 0 saturated heterocycles. The monoisotopic (exact) mass is 244 g/mol. The highest BCUT2D eigenvalue weighted by molar-refractivity contribution is 6.17. The lowest BCUT2D eigenvalue weighted by Crippen LogP contribution is -2.22. The van der Waals surface area contributed by atoms with Crippen LogP contribution < -0.4 is 0 Å². The van der Waals surface area contributed by atoms with E-state index in [0.717, 1.165) is 0 Å². The van der Waals surface area contributed by atoms with E-state index in [1.54, 1.807) is 12.1 Å². The van der Waals surface area contributed by atoms with Crippen LogP contribution in [0.2, 0.25) is 0 Å². The highest BCUT2D eigenvalue weighted by atomic mass is 35.5. The summed E-state index contributed by atoms with van der Waals surface area (Å²) in [5.41, 5.74) is 0.579. The number of benzene rings is 1. The van der Waals surface area contributed by atoms with Crippen molar-refractivity contribution < 1.29 is 14.3 Å². The molecule has 0 aliphatic rings. The number of carbonyl (C=O) groups excluding carboxylic acids is 1. The fraction of sp³-hybridized carbons (Fsp3) is 0.417. The molecule has 0 aliphatic heterocycles. The molecule has 16 heavy (non-hydrogen) atoms. The Balaban J connectivity index is 2.50. The Bertz CT molecular complexity index is 355. The van der Waals surface area contributed by atoms with Gasteiger partial charge in [-0.15, -0.1) is 11.6 Å². The first-order chi connectivity index (χ1) is 7.63. The molecule has 4 heteroatoms. The third kappa shape index (κ3) is 4.29. The van der Waals surface area contributed by atoms with Crippen LogP contribution in [0.4, 0.5) is 4.39 Å². The Morgan fingerprint density at radius 2 is 2.25 bits per heavy atom. The molecular formula is C12H14ClFO2. The highest BCUT2D eigenvalue weighted by Gasteiger charge is 2.14. The van der Waals surface area contributed by atoms with Gasteiger partial charge < -0.3 is 5.11 Å². The first-order valence-electron chi connectivity index (χ1n) is 5.14. The topological polar surface area (TPSA) is 37.3 Å². The third-order valence-corrected chi connectivity index (χ3v) is 2.52. The van der Waals surface area contributed by atoms with Crippen LogP contribution in [0.5, 0.6) is 0 Å². The van der Waals surface area contributed by atoms with Crippen molar-refractivity contribution in [2.75, 3.05) is 5.88 Å².